The van der Waals surface area contributed by atoms with Crippen LogP contribution < -0.4 is 10.9 Å². The van der Waals surface area contributed by atoms with Crippen molar-refractivity contribution >= 4 is 18.3 Å². The number of likely N-dealkylation sites (tertiary alicyclic amines) is 1. The van der Waals surface area contributed by atoms with Crippen molar-refractivity contribution in [1.29, 1.82) is 0 Å². The Bertz CT molecular complexity index is 612. The molecule has 5 nitrogen and oxygen atoms in total. The standard InChI is InChI=1S/C17H25N3O2.ClH/c1-18-10-12-5-4-8-20(11-12)17(22)14-9-13-6-2-3-7-15(13)19-16(14)21;/h9,12,18H,2-8,10-11H2,1H3,(H,19,21);1H. The summed E-state index contributed by atoms with van der Waals surface area (Å²) in [5, 5.41) is 3.18. The maximum atomic E-state index is 12.7. The van der Waals surface area contributed by atoms with Gasteiger partial charge in [-0.05, 0) is 69.7 Å². The molecule has 1 amide bonds. The number of nitrogens with zero attached hydrogens (tertiary/aromatic N) is 1. The number of aryl methyl sites for hydroxylation is 2. The summed E-state index contributed by atoms with van der Waals surface area (Å²) in [5.74, 6) is 0.384. The van der Waals surface area contributed by atoms with Gasteiger partial charge in [0.1, 0.15) is 5.56 Å². The fourth-order valence-corrected chi connectivity index (χ4v) is 3.71. The highest BCUT2D eigenvalue weighted by Gasteiger charge is 2.26. The van der Waals surface area contributed by atoms with Gasteiger partial charge in [-0.1, -0.05) is 0 Å². The first-order chi connectivity index (χ1) is 10.7. The van der Waals surface area contributed by atoms with E-state index in [1.54, 1.807) is 0 Å². The van der Waals surface area contributed by atoms with Gasteiger partial charge in [0.15, 0.2) is 0 Å². The van der Waals surface area contributed by atoms with E-state index in [0.29, 0.717) is 11.5 Å². The fraction of sp³-hybridized carbons (Fsp3) is 0.647. The molecule has 0 radical (unpaired) electrons. The van der Waals surface area contributed by atoms with Gasteiger partial charge in [-0.3, -0.25) is 9.59 Å². The molecule has 0 saturated carbocycles. The van der Waals surface area contributed by atoms with Gasteiger partial charge < -0.3 is 15.2 Å². The maximum absolute atomic E-state index is 12.7. The third-order valence-electron chi connectivity index (χ3n) is 4.87. The average molecular weight is 340 g/mol. The summed E-state index contributed by atoms with van der Waals surface area (Å²) in [6.45, 7) is 2.43. The Morgan fingerprint density at radius 3 is 2.91 bits per heavy atom. The number of H-pyrrole nitrogens is 1. The number of nitrogens with one attached hydrogen (secondary N) is 2. The number of halogens is 1. The van der Waals surface area contributed by atoms with Crippen LogP contribution in [0.5, 0.6) is 0 Å². The van der Waals surface area contributed by atoms with Crippen LogP contribution in [0.25, 0.3) is 0 Å². The van der Waals surface area contributed by atoms with E-state index in [9.17, 15) is 9.59 Å². The molecule has 1 fully saturated rings. The lowest BCUT2D eigenvalue weighted by Crippen LogP contribution is -2.44. The first-order valence-electron chi connectivity index (χ1n) is 8.38. The predicted molar refractivity (Wildman–Crippen MR) is 93.5 cm³/mol. The van der Waals surface area contributed by atoms with E-state index in [1.165, 1.54) is 0 Å². The third kappa shape index (κ3) is 3.96. The molecular weight excluding hydrogens is 314 g/mol. The van der Waals surface area contributed by atoms with Crippen LogP contribution in [0.3, 0.4) is 0 Å². The number of aromatic amines is 1. The molecule has 2 heterocycles. The number of rotatable bonds is 3. The Balaban J connectivity index is 0.00000192. The summed E-state index contributed by atoms with van der Waals surface area (Å²) in [7, 11) is 1.94. The van der Waals surface area contributed by atoms with Crippen molar-refractivity contribution < 1.29 is 4.79 Å². The van der Waals surface area contributed by atoms with Crippen molar-refractivity contribution in [1.82, 2.24) is 15.2 Å². The van der Waals surface area contributed by atoms with Gasteiger partial charge in [-0.25, -0.2) is 0 Å². The summed E-state index contributed by atoms with van der Waals surface area (Å²) in [6.07, 6.45) is 6.31. The second-order valence-corrected chi connectivity index (χ2v) is 6.54. The Morgan fingerprint density at radius 1 is 1.35 bits per heavy atom. The van der Waals surface area contributed by atoms with Crippen molar-refractivity contribution in [3.05, 3.63) is 33.2 Å². The van der Waals surface area contributed by atoms with E-state index < -0.39 is 0 Å². The number of pyridine rings is 1. The Hall–Kier alpha value is -1.33. The van der Waals surface area contributed by atoms with Gasteiger partial charge in [-0.2, -0.15) is 0 Å². The van der Waals surface area contributed by atoms with E-state index in [4.69, 9.17) is 0 Å². The van der Waals surface area contributed by atoms with Gasteiger partial charge in [0.25, 0.3) is 11.5 Å². The van der Waals surface area contributed by atoms with Crippen molar-refractivity contribution in [3.8, 4) is 0 Å². The number of carbonyl (C=O) groups is 1. The molecule has 1 aromatic heterocycles. The second-order valence-electron chi connectivity index (χ2n) is 6.54. The molecule has 23 heavy (non-hydrogen) atoms. The summed E-state index contributed by atoms with van der Waals surface area (Å²) >= 11 is 0. The van der Waals surface area contributed by atoms with E-state index in [0.717, 1.165) is 69.4 Å². The zero-order chi connectivity index (χ0) is 15.5. The first kappa shape index (κ1) is 18.0. The van der Waals surface area contributed by atoms with Gasteiger partial charge in [-0.15, -0.1) is 12.4 Å². The molecule has 1 aliphatic carbocycles. The number of hydrogen-bond acceptors (Lipinski definition) is 3. The zero-order valence-electron chi connectivity index (χ0n) is 13.7. The summed E-state index contributed by atoms with van der Waals surface area (Å²) in [6, 6.07) is 1.84. The fourth-order valence-electron chi connectivity index (χ4n) is 3.71. The number of amides is 1. The molecular formula is C17H26ClN3O2. The molecule has 3 rings (SSSR count). The molecule has 1 aliphatic heterocycles. The Labute approximate surface area is 143 Å². The summed E-state index contributed by atoms with van der Waals surface area (Å²) in [5.41, 5.74) is 2.28. The largest absolute Gasteiger partial charge is 0.338 e. The van der Waals surface area contributed by atoms with E-state index in [-0.39, 0.29) is 23.9 Å². The smallest absolute Gasteiger partial charge is 0.261 e. The molecule has 1 aromatic rings. The highest BCUT2D eigenvalue weighted by atomic mass is 35.5. The zero-order valence-corrected chi connectivity index (χ0v) is 14.5. The van der Waals surface area contributed by atoms with Crippen molar-refractivity contribution in [2.45, 2.75) is 38.5 Å². The van der Waals surface area contributed by atoms with Crippen LogP contribution in [0.4, 0.5) is 0 Å². The van der Waals surface area contributed by atoms with Crippen molar-refractivity contribution in [2.75, 3.05) is 26.7 Å². The number of fused-ring (bicyclic) bond motifs is 1. The topological polar surface area (TPSA) is 65.2 Å². The monoisotopic (exact) mass is 339 g/mol. The van der Waals surface area contributed by atoms with Crippen LogP contribution >= 0.6 is 12.4 Å². The van der Waals surface area contributed by atoms with Crippen molar-refractivity contribution in [3.63, 3.8) is 0 Å². The lowest BCUT2D eigenvalue weighted by Gasteiger charge is -2.32. The van der Waals surface area contributed by atoms with E-state index in [1.807, 2.05) is 18.0 Å². The highest BCUT2D eigenvalue weighted by Crippen LogP contribution is 2.21. The number of piperidine rings is 1. The van der Waals surface area contributed by atoms with Gasteiger partial charge >= 0.3 is 0 Å². The molecule has 128 valence electrons. The molecule has 2 N–H and O–H groups in total. The number of hydrogen-bond donors (Lipinski definition) is 2. The van der Waals surface area contributed by atoms with Crippen LogP contribution in [-0.4, -0.2) is 42.5 Å². The van der Waals surface area contributed by atoms with Crippen LogP contribution in [0, 0.1) is 5.92 Å². The average Bonchev–Trinajstić information content (AvgIpc) is 2.54. The number of carbonyl (C=O) groups excluding carboxylic acids is 1. The van der Waals surface area contributed by atoms with Gasteiger partial charge in [0.05, 0.1) is 0 Å². The molecule has 1 atom stereocenters. The highest BCUT2D eigenvalue weighted by molar-refractivity contribution is 5.94. The molecule has 1 saturated heterocycles. The van der Waals surface area contributed by atoms with Crippen LogP contribution in [0.1, 0.15) is 47.3 Å². The third-order valence-corrected chi connectivity index (χ3v) is 4.87. The molecule has 6 heteroatoms. The lowest BCUT2D eigenvalue weighted by molar-refractivity contribution is 0.0672. The first-order valence-corrected chi connectivity index (χ1v) is 8.38. The Kier molecular flexibility index (Phi) is 6.25. The summed E-state index contributed by atoms with van der Waals surface area (Å²) < 4.78 is 0. The second kappa shape index (κ2) is 7.97. The quantitative estimate of drug-likeness (QED) is 0.881. The SMILES string of the molecule is CNCC1CCCN(C(=O)c2cc3c([nH]c2=O)CCCC3)C1.Cl. The summed E-state index contributed by atoms with van der Waals surface area (Å²) in [4.78, 5) is 29.8. The van der Waals surface area contributed by atoms with Crippen LogP contribution in [-0.2, 0) is 12.8 Å². The molecule has 0 aromatic carbocycles. The predicted octanol–water partition coefficient (Wildman–Crippen LogP) is 1.75. The minimum atomic E-state index is -0.221. The minimum absolute atomic E-state index is 0. The normalized spacial score (nSPS) is 20.6. The van der Waals surface area contributed by atoms with E-state index >= 15 is 0 Å². The van der Waals surface area contributed by atoms with E-state index in [2.05, 4.69) is 10.3 Å². The molecule has 0 bridgehead atoms. The lowest BCUT2D eigenvalue weighted by atomic mass is 9.94. The minimum Gasteiger partial charge on any atom is -0.338 e. The van der Waals surface area contributed by atoms with Crippen molar-refractivity contribution in [2.24, 2.45) is 5.92 Å². The Morgan fingerprint density at radius 2 is 2.13 bits per heavy atom. The van der Waals surface area contributed by atoms with Crippen LogP contribution in [0.15, 0.2) is 10.9 Å². The van der Waals surface area contributed by atoms with Crippen LogP contribution in [0.2, 0.25) is 0 Å². The maximum Gasteiger partial charge on any atom is 0.261 e. The van der Waals surface area contributed by atoms with Gasteiger partial charge in [0, 0.05) is 18.8 Å². The van der Waals surface area contributed by atoms with Gasteiger partial charge in [0.2, 0.25) is 0 Å². The number of aromatic nitrogens is 1. The molecule has 1 unspecified atom stereocenters. The molecule has 2 aliphatic rings. The molecule has 0 spiro atoms.